The molecule has 2 aliphatic heterocycles. The Bertz CT molecular complexity index is 1170. The number of benzene rings is 2. The van der Waals surface area contributed by atoms with Crippen LogP contribution in [0, 0.1) is 0 Å². The number of carbonyl (C=O) groups excluding carboxylic acids is 1. The predicted molar refractivity (Wildman–Crippen MR) is 113 cm³/mol. The Kier molecular flexibility index (Phi) is 5.86. The molecule has 5 rings (SSSR count). The Hall–Kier alpha value is -3.60. The second-order valence-electron chi connectivity index (χ2n) is 8.06. The molecule has 3 heterocycles. The lowest BCUT2D eigenvalue weighted by molar-refractivity contribution is -0.143. The molecule has 1 atom stereocenters. The van der Waals surface area contributed by atoms with Gasteiger partial charge < -0.3 is 18.9 Å². The molecule has 11 heteroatoms. The van der Waals surface area contributed by atoms with E-state index in [1.54, 1.807) is 17.0 Å². The highest BCUT2D eigenvalue weighted by Gasteiger charge is 2.33. The zero-order chi connectivity index (χ0) is 23.7. The van der Waals surface area contributed by atoms with E-state index in [0.29, 0.717) is 50.1 Å². The average molecular weight is 474 g/mol. The van der Waals surface area contributed by atoms with Gasteiger partial charge in [0.25, 0.3) is 5.91 Å². The summed E-state index contributed by atoms with van der Waals surface area (Å²) in [6.07, 6.45) is -5.13. The fourth-order valence-electron chi connectivity index (χ4n) is 3.93. The van der Waals surface area contributed by atoms with Crippen LogP contribution >= 0.6 is 0 Å². The number of alkyl halides is 3. The third-order valence-corrected chi connectivity index (χ3v) is 5.74. The normalized spacial score (nSPS) is 18.7. The van der Waals surface area contributed by atoms with Crippen molar-refractivity contribution in [2.24, 2.45) is 0 Å². The minimum Gasteiger partial charge on any atom is -0.485 e. The number of fused-ring (bicyclic) bond motifs is 1. The van der Waals surface area contributed by atoms with Crippen molar-refractivity contribution in [3.05, 3.63) is 60.0 Å². The summed E-state index contributed by atoms with van der Waals surface area (Å²) in [7, 11) is 0. The maximum absolute atomic E-state index is 13.0. The number of nitrogens with zero attached hydrogens (tertiary/aromatic N) is 4. The Morgan fingerprint density at radius 2 is 1.79 bits per heavy atom. The number of ether oxygens (including phenoxy) is 2. The van der Waals surface area contributed by atoms with E-state index in [-0.39, 0.29) is 23.9 Å². The molecule has 8 nitrogen and oxygen atoms in total. The van der Waals surface area contributed by atoms with Crippen LogP contribution in [0.4, 0.5) is 13.2 Å². The largest absolute Gasteiger partial charge is 0.485 e. The molecule has 1 aromatic heterocycles. The van der Waals surface area contributed by atoms with E-state index in [2.05, 4.69) is 10.1 Å². The van der Waals surface area contributed by atoms with Crippen LogP contribution < -0.4 is 9.47 Å². The number of halogens is 3. The van der Waals surface area contributed by atoms with E-state index in [1.165, 1.54) is 12.1 Å². The highest BCUT2D eigenvalue weighted by atomic mass is 19.4. The predicted octanol–water partition coefficient (Wildman–Crippen LogP) is 3.24. The van der Waals surface area contributed by atoms with Crippen molar-refractivity contribution in [2.75, 3.05) is 32.8 Å². The van der Waals surface area contributed by atoms with Gasteiger partial charge in [0.05, 0.1) is 12.1 Å². The molecule has 178 valence electrons. The molecule has 1 saturated heterocycles. The van der Waals surface area contributed by atoms with Crippen LogP contribution in [0.3, 0.4) is 0 Å². The average Bonchev–Trinajstić information content (AvgIpc) is 3.32. The van der Waals surface area contributed by atoms with Crippen LogP contribution in [0.2, 0.25) is 0 Å². The molecule has 0 saturated carbocycles. The highest BCUT2D eigenvalue weighted by Crippen LogP contribution is 2.32. The molecule has 1 amide bonds. The summed E-state index contributed by atoms with van der Waals surface area (Å²) in [6.45, 7) is 2.65. The van der Waals surface area contributed by atoms with Crippen molar-refractivity contribution in [1.82, 2.24) is 19.9 Å². The van der Waals surface area contributed by atoms with Gasteiger partial charge in [-0.25, -0.2) is 0 Å². The van der Waals surface area contributed by atoms with E-state index in [9.17, 15) is 18.0 Å². The second-order valence-corrected chi connectivity index (χ2v) is 8.06. The number of carbonyl (C=O) groups is 1. The van der Waals surface area contributed by atoms with Crippen LogP contribution in [0.25, 0.3) is 11.4 Å². The van der Waals surface area contributed by atoms with Crippen molar-refractivity contribution >= 4 is 5.91 Å². The molecule has 0 N–H and O–H groups in total. The van der Waals surface area contributed by atoms with Gasteiger partial charge in [-0.15, -0.1) is 0 Å². The molecule has 34 heavy (non-hydrogen) atoms. The van der Waals surface area contributed by atoms with E-state index >= 15 is 0 Å². The molecule has 0 bridgehead atoms. The van der Waals surface area contributed by atoms with Crippen LogP contribution in [-0.2, 0) is 17.5 Å². The van der Waals surface area contributed by atoms with Gasteiger partial charge in [-0.05, 0) is 24.3 Å². The zero-order valence-electron chi connectivity index (χ0n) is 18.0. The summed E-state index contributed by atoms with van der Waals surface area (Å²) < 4.78 is 55.6. The monoisotopic (exact) mass is 474 g/mol. The molecule has 0 spiro atoms. The molecular weight excluding hydrogens is 453 g/mol. The first kappa shape index (κ1) is 22.2. The van der Waals surface area contributed by atoms with Gasteiger partial charge >= 0.3 is 6.18 Å². The summed E-state index contributed by atoms with van der Waals surface area (Å²) in [5, 5.41) is 3.82. The van der Waals surface area contributed by atoms with Crippen LogP contribution in [0.5, 0.6) is 11.5 Å². The SMILES string of the molecule is O=C(C1COc2ccccc2O1)N1CCN(Cc2nc(-c3cccc(C(F)(F)F)c3)no2)CC1. The first-order valence-corrected chi connectivity index (χ1v) is 10.8. The lowest BCUT2D eigenvalue weighted by atomic mass is 10.1. The number of hydrogen-bond donors (Lipinski definition) is 0. The molecule has 0 aliphatic carbocycles. The topological polar surface area (TPSA) is 80.9 Å². The first-order valence-electron chi connectivity index (χ1n) is 10.8. The van der Waals surface area contributed by atoms with Crippen LogP contribution in [0.1, 0.15) is 11.5 Å². The van der Waals surface area contributed by atoms with Gasteiger partial charge in [0.1, 0.15) is 6.61 Å². The van der Waals surface area contributed by atoms with E-state index in [0.717, 1.165) is 12.1 Å². The highest BCUT2D eigenvalue weighted by molar-refractivity contribution is 5.82. The fraction of sp³-hybridized carbons (Fsp3) is 0.348. The zero-order valence-corrected chi connectivity index (χ0v) is 18.0. The summed E-state index contributed by atoms with van der Waals surface area (Å²) in [5.41, 5.74) is -0.538. The number of rotatable bonds is 4. The smallest absolute Gasteiger partial charge is 0.416 e. The van der Waals surface area contributed by atoms with Gasteiger partial charge in [0, 0.05) is 31.7 Å². The minimum absolute atomic E-state index is 0.102. The fourth-order valence-corrected chi connectivity index (χ4v) is 3.93. The minimum atomic E-state index is -4.45. The third-order valence-electron chi connectivity index (χ3n) is 5.74. The quantitative estimate of drug-likeness (QED) is 0.574. The lowest BCUT2D eigenvalue weighted by Crippen LogP contribution is -2.53. The summed E-state index contributed by atoms with van der Waals surface area (Å²) >= 11 is 0. The number of hydrogen-bond acceptors (Lipinski definition) is 7. The molecule has 2 aromatic carbocycles. The van der Waals surface area contributed by atoms with Gasteiger partial charge in [-0.2, -0.15) is 18.2 Å². The molecular formula is C23H21F3N4O4. The van der Waals surface area contributed by atoms with E-state index in [1.807, 2.05) is 17.0 Å². The molecule has 2 aliphatic rings. The Morgan fingerprint density at radius 3 is 2.56 bits per heavy atom. The maximum atomic E-state index is 13.0. The van der Waals surface area contributed by atoms with Crippen molar-refractivity contribution in [3.8, 4) is 22.9 Å². The number of amides is 1. The Morgan fingerprint density at radius 1 is 1.03 bits per heavy atom. The van der Waals surface area contributed by atoms with Crippen LogP contribution in [0.15, 0.2) is 53.1 Å². The van der Waals surface area contributed by atoms with Gasteiger partial charge in [-0.1, -0.05) is 29.4 Å². The number of aromatic nitrogens is 2. The van der Waals surface area contributed by atoms with Crippen molar-refractivity contribution in [2.45, 2.75) is 18.8 Å². The Balaban J connectivity index is 1.15. The summed E-state index contributed by atoms with van der Waals surface area (Å²) in [6, 6.07) is 12.0. The first-order chi connectivity index (χ1) is 16.4. The maximum Gasteiger partial charge on any atom is 0.416 e. The molecule has 1 unspecified atom stereocenters. The Labute approximate surface area is 192 Å². The molecule has 0 radical (unpaired) electrons. The number of piperazine rings is 1. The van der Waals surface area contributed by atoms with Gasteiger partial charge in [-0.3, -0.25) is 9.69 Å². The summed E-state index contributed by atoms with van der Waals surface area (Å²) in [5.74, 6) is 1.45. The van der Waals surface area contributed by atoms with Crippen molar-refractivity contribution < 1.29 is 32.0 Å². The number of para-hydroxylation sites is 2. The standard InChI is InChI=1S/C23H21F3N4O4/c24-23(25,26)16-5-3-4-15(12-16)21-27-20(34-28-21)13-29-8-10-30(11-9-29)22(31)19-14-32-17-6-1-2-7-18(17)33-19/h1-7,12,19H,8-11,13-14H2. The van der Waals surface area contributed by atoms with Crippen molar-refractivity contribution in [1.29, 1.82) is 0 Å². The molecule has 3 aromatic rings. The van der Waals surface area contributed by atoms with Crippen molar-refractivity contribution in [3.63, 3.8) is 0 Å². The van der Waals surface area contributed by atoms with E-state index < -0.39 is 17.8 Å². The van der Waals surface area contributed by atoms with E-state index in [4.69, 9.17) is 14.0 Å². The summed E-state index contributed by atoms with van der Waals surface area (Å²) in [4.78, 5) is 20.9. The lowest BCUT2D eigenvalue weighted by Gasteiger charge is -2.36. The van der Waals surface area contributed by atoms with Crippen LogP contribution in [-0.4, -0.2) is 64.7 Å². The van der Waals surface area contributed by atoms with Gasteiger partial charge in [0.2, 0.25) is 17.8 Å². The molecule has 1 fully saturated rings. The third kappa shape index (κ3) is 4.69. The second kappa shape index (κ2) is 8.98. The van der Waals surface area contributed by atoms with Gasteiger partial charge in [0.15, 0.2) is 11.5 Å².